The summed E-state index contributed by atoms with van der Waals surface area (Å²) in [5, 5.41) is 3.57. The summed E-state index contributed by atoms with van der Waals surface area (Å²) < 4.78 is 0. The van der Waals surface area contributed by atoms with Gasteiger partial charge >= 0.3 is 6.03 Å². The van der Waals surface area contributed by atoms with Crippen molar-refractivity contribution in [1.29, 1.82) is 0 Å². The molecule has 1 aromatic carbocycles. The first-order valence-corrected chi connectivity index (χ1v) is 7.73. The molecule has 23 heavy (non-hydrogen) atoms. The molecule has 2 amide bonds. The minimum Gasteiger partial charge on any atom is -0.347 e. The van der Waals surface area contributed by atoms with Gasteiger partial charge in [0.25, 0.3) is 0 Å². The Hall–Kier alpha value is -2.34. The van der Waals surface area contributed by atoms with Crippen molar-refractivity contribution in [2.24, 2.45) is 0 Å². The molecule has 0 radical (unpaired) electrons. The Morgan fingerprint density at radius 1 is 1.26 bits per heavy atom. The van der Waals surface area contributed by atoms with Gasteiger partial charge in [0.05, 0.1) is 18.1 Å². The van der Waals surface area contributed by atoms with E-state index in [9.17, 15) is 4.79 Å². The van der Waals surface area contributed by atoms with Crippen molar-refractivity contribution >= 4 is 29.3 Å². The zero-order valence-electron chi connectivity index (χ0n) is 13.1. The minimum atomic E-state index is -0.146. The van der Waals surface area contributed by atoms with Crippen LogP contribution in [0.25, 0.3) is 0 Å². The van der Waals surface area contributed by atoms with Gasteiger partial charge in [0.2, 0.25) is 5.95 Å². The molecule has 0 bridgehead atoms. The van der Waals surface area contributed by atoms with Gasteiger partial charge in [-0.3, -0.25) is 0 Å². The number of hydrogen-bond acceptors (Lipinski definition) is 4. The summed E-state index contributed by atoms with van der Waals surface area (Å²) in [6.45, 7) is 1.24. The Balaban J connectivity index is 1.66. The molecule has 0 fully saturated rings. The van der Waals surface area contributed by atoms with Crippen LogP contribution in [-0.2, 0) is 13.0 Å². The summed E-state index contributed by atoms with van der Waals surface area (Å²) in [7, 11) is 3.73. The number of fused-ring (bicyclic) bond motifs is 1. The van der Waals surface area contributed by atoms with E-state index in [1.807, 2.05) is 32.3 Å². The van der Waals surface area contributed by atoms with Crippen LogP contribution in [0, 0.1) is 0 Å². The van der Waals surface area contributed by atoms with Crippen LogP contribution in [0.4, 0.5) is 16.4 Å². The summed E-state index contributed by atoms with van der Waals surface area (Å²) in [6.07, 6.45) is 4.02. The number of aromatic nitrogens is 2. The summed E-state index contributed by atoms with van der Waals surface area (Å²) >= 11 is 6.01. The summed E-state index contributed by atoms with van der Waals surface area (Å²) in [5.41, 5.74) is 2.93. The number of hydrogen-bond donors (Lipinski definition) is 1. The predicted molar refractivity (Wildman–Crippen MR) is 90.9 cm³/mol. The quantitative estimate of drug-likeness (QED) is 0.919. The number of amides is 2. The number of anilines is 2. The highest BCUT2D eigenvalue weighted by Crippen LogP contribution is 2.23. The number of carbonyl (C=O) groups is 1. The molecule has 3 rings (SSSR count). The van der Waals surface area contributed by atoms with E-state index in [-0.39, 0.29) is 6.03 Å². The van der Waals surface area contributed by atoms with Crippen LogP contribution >= 0.6 is 11.6 Å². The largest absolute Gasteiger partial charge is 0.347 e. The summed E-state index contributed by atoms with van der Waals surface area (Å²) in [4.78, 5) is 24.3. The van der Waals surface area contributed by atoms with E-state index < -0.39 is 0 Å². The van der Waals surface area contributed by atoms with Gasteiger partial charge in [-0.2, -0.15) is 0 Å². The maximum absolute atomic E-state index is 12.4. The van der Waals surface area contributed by atoms with Crippen molar-refractivity contribution in [1.82, 2.24) is 14.9 Å². The maximum atomic E-state index is 12.4. The van der Waals surface area contributed by atoms with Crippen molar-refractivity contribution in [3.8, 4) is 0 Å². The van der Waals surface area contributed by atoms with E-state index in [4.69, 9.17) is 11.6 Å². The number of halogens is 1. The summed E-state index contributed by atoms with van der Waals surface area (Å²) in [5.74, 6) is 0.603. The minimum absolute atomic E-state index is 0.146. The van der Waals surface area contributed by atoms with Crippen LogP contribution in [0.15, 0.2) is 30.6 Å². The highest BCUT2D eigenvalue weighted by atomic mass is 35.5. The molecule has 1 aliphatic heterocycles. The van der Waals surface area contributed by atoms with Gasteiger partial charge in [-0.25, -0.2) is 14.8 Å². The van der Waals surface area contributed by atoms with E-state index in [2.05, 4.69) is 15.3 Å². The smallest absolute Gasteiger partial charge is 0.322 e. The molecule has 1 aromatic heterocycles. The first kappa shape index (κ1) is 15.6. The Labute approximate surface area is 140 Å². The third-order valence-corrected chi connectivity index (χ3v) is 3.99. The fourth-order valence-electron chi connectivity index (χ4n) is 2.51. The topological polar surface area (TPSA) is 61.4 Å². The Kier molecular flexibility index (Phi) is 4.34. The lowest BCUT2D eigenvalue weighted by Crippen LogP contribution is -2.38. The van der Waals surface area contributed by atoms with E-state index in [0.29, 0.717) is 24.7 Å². The molecule has 0 unspecified atom stereocenters. The third kappa shape index (κ3) is 3.53. The zero-order valence-corrected chi connectivity index (χ0v) is 13.8. The molecule has 0 spiro atoms. The molecule has 0 aliphatic carbocycles. The Morgan fingerprint density at radius 2 is 2.00 bits per heavy atom. The van der Waals surface area contributed by atoms with Gasteiger partial charge in [0.1, 0.15) is 0 Å². The number of rotatable bonds is 2. The second-order valence-corrected chi connectivity index (χ2v) is 6.12. The molecule has 6 nitrogen and oxygen atoms in total. The predicted octanol–water partition coefficient (Wildman–Crippen LogP) is 2.79. The van der Waals surface area contributed by atoms with E-state index in [1.54, 1.807) is 22.2 Å². The van der Waals surface area contributed by atoms with Gasteiger partial charge in [-0.1, -0.05) is 17.7 Å². The van der Waals surface area contributed by atoms with Crippen molar-refractivity contribution in [3.63, 3.8) is 0 Å². The monoisotopic (exact) mass is 331 g/mol. The first-order chi connectivity index (χ1) is 11.0. The Bertz CT molecular complexity index is 717. The lowest BCUT2D eigenvalue weighted by Gasteiger charge is -2.29. The second kappa shape index (κ2) is 6.42. The lowest BCUT2D eigenvalue weighted by molar-refractivity contribution is 0.206. The maximum Gasteiger partial charge on any atom is 0.322 e. The molecular formula is C16H18ClN5O. The SMILES string of the molecule is CN(C)c1ncc(NC(=O)N2CCc3cc(Cl)ccc3C2)cn1. The zero-order chi connectivity index (χ0) is 16.4. The highest BCUT2D eigenvalue weighted by Gasteiger charge is 2.21. The molecular weight excluding hydrogens is 314 g/mol. The van der Waals surface area contributed by atoms with E-state index >= 15 is 0 Å². The van der Waals surface area contributed by atoms with Crippen LogP contribution in [0.3, 0.4) is 0 Å². The van der Waals surface area contributed by atoms with Crippen LogP contribution in [0.1, 0.15) is 11.1 Å². The number of nitrogens with one attached hydrogen (secondary N) is 1. The fraction of sp³-hybridized carbons (Fsp3) is 0.312. The first-order valence-electron chi connectivity index (χ1n) is 7.35. The van der Waals surface area contributed by atoms with Gasteiger partial charge in [0.15, 0.2) is 0 Å². The molecule has 1 N–H and O–H groups in total. The average molecular weight is 332 g/mol. The fourth-order valence-corrected chi connectivity index (χ4v) is 2.71. The van der Waals surface area contributed by atoms with Gasteiger partial charge in [0, 0.05) is 32.2 Å². The van der Waals surface area contributed by atoms with Crippen molar-refractivity contribution < 1.29 is 4.79 Å². The molecule has 120 valence electrons. The van der Waals surface area contributed by atoms with Gasteiger partial charge < -0.3 is 15.1 Å². The number of nitrogens with zero attached hydrogens (tertiary/aromatic N) is 4. The second-order valence-electron chi connectivity index (χ2n) is 5.68. The number of benzene rings is 1. The molecule has 0 saturated carbocycles. The van der Waals surface area contributed by atoms with E-state index in [1.165, 1.54) is 5.56 Å². The molecule has 7 heteroatoms. The average Bonchev–Trinajstić information content (AvgIpc) is 2.54. The highest BCUT2D eigenvalue weighted by molar-refractivity contribution is 6.30. The molecule has 0 atom stereocenters. The summed E-state index contributed by atoms with van der Waals surface area (Å²) in [6, 6.07) is 5.66. The van der Waals surface area contributed by atoms with Crippen LogP contribution < -0.4 is 10.2 Å². The van der Waals surface area contributed by atoms with Crippen LogP contribution in [-0.4, -0.2) is 41.5 Å². The van der Waals surface area contributed by atoms with Crippen molar-refractivity contribution in [3.05, 3.63) is 46.7 Å². The van der Waals surface area contributed by atoms with Crippen LogP contribution in [0.5, 0.6) is 0 Å². The number of carbonyl (C=O) groups excluding carboxylic acids is 1. The van der Waals surface area contributed by atoms with Crippen LogP contribution in [0.2, 0.25) is 5.02 Å². The number of urea groups is 1. The van der Waals surface area contributed by atoms with Crippen molar-refractivity contribution in [2.45, 2.75) is 13.0 Å². The standard InChI is InChI=1S/C16H18ClN5O/c1-21(2)15-18-8-14(9-19-15)20-16(23)22-6-5-11-7-13(17)4-3-12(11)10-22/h3-4,7-9H,5-6,10H2,1-2H3,(H,20,23). The van der Waals surface area contributed by atoms with E-state index in [0.717, 1.165) is 17.0 Å². The lowest BCUT2D eigenvalue weighted by atomic mass is 10.0. The molecule has 2 aromatic rings. The van der Waals surface area contributed by atoms with Gasteiger partial charge in [-0.05, 0) is 29.7 Å². The third-order valence-electron chi connectivity index (χ3n) is 3.76. The van der Waals surface area contributed by atoms with Gasteiger partial charge in [-0.15, -0.1) is 0 Å². The van der Waals surface area contributed by atoms with Crippen molar-refractivity contribution in [2.75, 3.05) is 30.9 Å². The normalized spacial score (nSPS) is 13.4. The molecule has 0 saturated heterocycles. The molecule has 2 heterocycles. The molecule has 1 aliphatic rings. The Morgan fingerprint density at radius 3 is 2.70 bits per heavy atom.